The van der Waals surface area contributed by atoms with E-state index in [0.29, 0.717) is 12.1 Å². The highest BCUT2D eigenvalue weighted by atomic mass is 19.1. The maximum Gasteiger partial charge on any atom is 0.337 e. The van der Waals surface area contributed by atoms with Crippen molar-refractivity contribution >= 4 is 11.7 Å². The molecule has 0 amide bonds. The largest absolute Gasteiger partial charge is 0.508 e. The topological polar surface area (TPSA) is 69.6 Å². The molecule has 0 aliphatic rings. The first-order valence-corrected chi connectivity index (χ1v) is 6.27. The SMILES string of the molecule is C[C@@H](Nc1ccc(O)cc1C(=O)O)c1c(F)cc(F)cc1F. The molecule has 2 rings (SSSR count). The number of phenols is 1. The van der Waals surface area contributed by atoms with Gasteiger partial charge in [0.2, 0.25) is 0 Å². The van der Waals surface area contributed by atoms with Gasteiger partial charge in [0.1, 0.15) is 23.2 Å². The molecule has 0 spiro atoms. The Kier molecular flexibility index (Phi) is 4.25. The third-order valence-electron chi connectivity index (χ3n) is 3.08. The summed E-state index contributed by atoms with van der Waals surface area (Å²) < 4.78 is 40.3. The molecule has 0 bridgehead atoms. The van der Waals surface area contributed by atoms with Crippen molar-refractivity contribution < 1.29 is 28.2 Å². The van der Waals surface area contributed by atoms with Gasteiger partial charge in [0.25, 0.3) is 0 Å². The van der Waals surface area contributed by atoms with E-state index in [1.807, 2.05) is 0 Å². The number of aromatic hydroxyl groups is 1. The zero-order valence-electron chi connectivity index (χ0n) is 11.4. The summed E-state index contributed by atoms with van der Waals surface area (Å²) in [6.45, 7) is 1.40. The molecule has 2 aromatic rings. The highest BCUT2D eigenvalue weighted by molar-refractivity contribution is 5.94. The average molecular weight is 311 g/mol. The highest BCUT2D eigenvalue weighted by Crippen LogP contribution is 2.28. The molecule has 0 radical (unpaired) electrons. The second-order valence-corrected chi connectivity index (χ2v) is 4.68. The van der Waals surface area contributed by atoms with E-state index in [0.717, 1.165) is 6.07 Å². The van der Waals surface area contributed by atoms with Gasteiger partial charge in [-0.05, 0) is 25.1 Å². The number of benzene rings is 2. The fourth-order valence-corrected chi connectivity index (χ4v) is 2.11. The van der Waals surface area contributed by atoms with Gasteiger partial charge in [-0.1, -0.05) is 0 Å². The van der Waals surface area contributed by atoms with Crippen LogP contribution in [0.25, 0.3) is 0 Å². The van der Waals surface area contributed by atoms with Crippen LogP contribution in [0.15, 0.2) is 30.3 Å². The van der Waals surface area contributed by atoms with E-state index >= 15 is 0 Å². The van der Waals surface area contributed by atoms with Crippen molar-refractivity contribution in [3.05, 3.63) is 58.9 Å². The van der Waals surface area contributed by atoms with E-state index in [4.69, 9.17) is 5.11 Å². The first-order valence-electron chi connectivity index (χ1n) is 6.27. The Hall–Kier alpha value is -2.70. The van der Waals surface area contributed by atoms with Gasteiger partial charge >= 0.3 is 5.97 Å². The van der Waals surface area contributed by atoms with Crippen molar-refractivity contribution in [2.45, 2.75) is 13.0 Å². The molecule has 0 aliphatic heterocycles. The standard InChI is InChI=1S/C15H12F3NO3/c1-7(14-11(17)4-8(16)5-12(14)18)19-13-3-2-9(20)6-10(13)15(21)22/h2-7,19-20H,1H3,(H,21,22)/t7-/m1/s1. The molecule has 0 aromatic heterocycles. The molecular formula is C15H12F3NO3. The zero-order valence-corrected chi connectivity index (χ0v) is 11.4. The van der Waals surface area contributed by atoms with Crippen LogP contribution in [-0.2, 0) is 0 Å². The monoisotopic (exact) mass is 311 g/mol. The van der Waals surface area contributed by atoms with Crippen LogP contribution in [0, 0.1) is 17.5 Å². The summed E-state index contributed by atoms with van der Waals surface area (Å²) in [7, 11) is 0. The Morgan fingerprint density at radius 1 is 1.14 bits per heavy atom. The van der Waals surface area contributed by atoms with Gasteiger partial charge in [0, 0.05) is 23.4 Å². The second-order valence-electron chi connectivity index (χ2n) is 4.68. The van der Waals surface area contributed by atoms with Crippen molar-refractivity contribution in [1.82, 2.24) is 0 Å². The lowest BCUT2D eigenvalue weighted by atomic mass is 10.1. The summed E-state index contributed by atoms with van der Waals surface area (Å²) in [6.07, 6.45) is 0. The number of halogens is 3. The lowest BCUT2D eigenvalue weighted by Crippen LogP contribution is -2.14. The fraction of sp³-hybridized carbons (Fsp3) is 0.133. The minimum absolute atomic E-state index is 0.0703. The van der Waals surface area contributed by atoms with Gasteiger partial charge < -0.3 is 15.5 Å². The molecular weight excluding hydrogens is 299 g/mol. The molecule has 7 heteroatoms. The van der Waals surface area contributed by atoms with E-state index in [2.05, 4.69) is 5.32 Å². The number of nitrogens with one attached hydrogen (secondary N) is 1. The normalized spacial score (nSPS) is 12.0. The van der Waals surface area contributed by atoms with Crippen LogP contribution in [0.4, 0.5) is 18.9 Å². The van der Waals surface area contributed by atoms with Gasteiger partial charge in [0.15, 0.2) is 0 Å². The van der Waals surface area contributed by atoms with Gasteiger partial charge in [-0.15, -0.1) is 0 Å². The van der Waals surface area contributed by atoms with E-state index in [9.17, 15) is 23.1 Å². The maximum absolute atomic E-state index is 13.7. The Morgan fingerprint density at radius 2 is 1.73 bits per heavy atom. The number of hydrogen-bond donors (Lipinski definition) is 3. The van der Waals surface area contributed by atoms with Crippen LogP contribution < -0.4 is 5.32 Å². The van der Waals surface area contributed by atoms with Crippen molar-refractivity contribution in [2.24, 2.45) is 0 Å². The minimum Gasteiger partial charge on any atom is -0.508 e. The van der Waals surface area contributed by atoms with E-state index in [-0.39, 0.29) is 17.0 Å². The molecule has 0 heterocycles. The Labute approximate surface area is 123 Å². The Balaban J connectivity index is 2.38. The summed E-state index contributed by atoms with van der Waals surface area (Å²) >= 11 is 0. The summed E-state index contributed by atoms with van der Waals surface area (Å²) in [5.74, 6) is -4.76. The molecule has 0 unspecified atom stereocenters. The minimum atomic E-state index is -1.31. The van der Waals surface area contributed by atoms with Gasteiger partial charge in [-0.3, -0.25) is 0 Å². The predicted molar refractivity (Wildman–Crippen MR) is 73.4 cm³/mol. The van der Waals surface area contributed by atoms with E-state index in [1.54, 1.807) is 0 Å². The van der Waals surface area contributed by atoms with Crippen LogP contribution in [0.5, 0.6) is 5.75 Å². The van der Waals surface area contributed by atoms with Crippen molar-refractivity contribution in [1.29, 1.82) is 0 Å². The van der Waals surface area contributed by atoms with Gasteiger partial charge in [0.05, 0.1) is 11.6 Å². The number of carboxylic acids is 1. The van der Waals surface area contributed by atoms with Crippen LogP contribution in [0.2, 0.25) is 0 Å². The lowest BCUT2D eigenvalue weighted by molar-refractivity contribution is 0.0697. The average Bonchev–Trinajstić information content (AvgIpc) is 2.39. The number of hydrogen-bond acceptors (Lipinski definition) is 3. The Bertz CT molecular complexity index is 711. The molecule has 0 fully saturated rings. The molecule has 4 nitrogen and oxygen atoms in total. The third-order valence-corrected chi connectivity index (χ3v) is 3.08. The first kappa shape index (κ1) is 15.7. The Morgan fingerprint density at radius 3 is 2.27 bits per heavy atom. The van der Waals surface area contributed by atoms with Crippen molar-refractivity contribution in [2.75, 3.05) is 5.32 Å². The number of aromatic carboxylic acids is 1. The lowest BCUT2D eigenvalue weighted by Gasteiger charge is -2.18. The van der Waals surface area contributed by atoms with Crippen LogP contribution in [0.1, 0.15) is 28.9 Å². The van der Waals surface area contributed by atoms with Crippen LogP contribution in [-0.4, -0.2) is 16.2 Å². The third kappa shape index (κ3) is 3.13. The molecule has 1 atom stereocenters. The zero-order chi connectivity index (χ0) is 16.4. The van der Waals surface area contributed by atoms with Gasteiger partial charge in [-0.2, -0.15) is 0 Å². The molecule has 0 aliphatic carbocycles. The van der Waals surface area contributed by atoms with E-state index < -0.39 is 35.0 Å². The smallest absolute Gasteiger partial charge is 0.337 e. The molecule has 0 saturated carbocycles. The number of carboxylic acid groups (broad SMARTS) is 1. The summed E-state index contributed by atoms with van der Waals surface area (Å²) in [4.78, 5) is 11.1. The number of anilines is 1. The summed E-state index contributed by atoms with van der Waals surface area (Å²) in [5.41, 5.74) is -0.596. The molecule has 22 heavy (non-hydrogen) atoms. The first-order chi connectivity index (χ1) is 10.3. The van der Waals surface area contributed by atoms with Crippen molar-refractivity contribution in [3.63, 3.8) is 0 Å². The molecule has 2 aromatic carbocycles. The summed E-state index contributed by atoms with van der Waals surface area (Å²) in [5, 5.41) is 21.0. The molecule has 0 saturated heterocycles. The number of carbonyl (C=O) groups is 1. The quantitative estimate of drug-likeness (QED) is 0.753. The predicted octanol–water partition coefficient (Wildman–Crippen LogP) is 3.68. The molecule has 116 valence electrons. The fourth-order valence-electron chi connectivity index (χ4n) is 2.11. The summed E-state index contributed by atoms with van der Waals surface area (Å²) in [6, 6.07) is 3.66. The van der Waals surface area contributed by atoms with Gasteiger partial charge in [-0.25, -0.2) is 18.0 Å². The maximum atomic E-state index is 13.7. The number of phenolic OH excluding ortho intramolecular Hbond substituents is 1. The van der Waals surface area contributed by atoms with Crippen LogP contribution >= 0.6 is 0 Å². The van der Waals surface area contributed by atoms with Crippen molar-refractivity contribution in [3.8, 4) is 5.75 Å². The highest BCUT2D eigenvalue weighted by Gasteiger charge is 2.20. The van der Waals surface area contributed by atoms with Crippen LogP contribution in [0.3, 0.4) is 0 Å². The second kappa shape index (κ2) is 5.97. The number of rotatable bonds is 4. The van der Waals surface area contributed by atoms with E-state index in [1.165, 1.54) is 19.1 Å². The molecule has 3 N–H and O–H groups in total.